The van der Waals surface area contributed by atoms with Crippen LogP contribution in [0.5, 0.6) is 0 Å². The molecule has 1 aliphatic carbocycles. The van der Waals surface area contributed by atoms with Gasteiger partial charge >= 0.3 is 5.97 Å². The lowest BCUT2D eigenvalue weighted by Gasteiger charge is -2.24. The molecular weight excluding hydrogens is 476 g/mol. The molecule has 0 saturated heterocycles. The number of aliphatic carboxylic acids is 1. The fraction of sp³-hybridized carbons (Fsp3) is 0.323. The summed E-state index contributed by atoms with van der Waals surface area (Å²) in [5.74, 6) is -0.362. The molecule has 1 aliphatic rings. The quantitative estimate of drug-likeness (QED) is 0.258. The molecule has 2 aromatic heterocycles. The highest BCUT2D eigenvalue weighted by atomic mass is 16.4. The van der Waals surface area contributed by atoms with E-state index in [1.807, 2.05) is 53.9 Å². The number of carbonyl (C=O) groups is 2. The highest BCUT2D eigenvalue weighted by Gasteiger charge is 2.23. The van der Waals surface area contributed by atoms with E-state index in [1.54, 1.807) is 12.1 Å². The molecule has 1 fully saturated rings. The fourth-order valence-electron chi connectivity index (χ4n) is 5.26. The first-order chi connectivity index (χ1) is 18.4. The summed E-state index contributed by atoms with van der Waals surface area (Å²) in [5, 5.41) is 16.1. The largest absolute Gasteiger partial charge is 0.481 e. The zero-order valence-electron chi connectivity index (χ0n) is 21.9. The van der Waals surface area contributed by atoms with Gasteiger partial charge in [0.25, 0.3) is 5.91 Å². The third-order valence-electron chi connectivity index (χ3n) is 7.40. The highest BCUT2D eigenvalue weighted by molar-refractivity contribution is 5.96. The van der Waals surface area contributed by atoms with E-state index in [0.717, 1.165) is 46.6 Å². The van der Waals surface area contributed by atoms with Gasteiger partial charge in [-0.1, -0.05) is 73.4 Å². The van der Waals surface area contributed by atoms with Crippen LogP contribution < -0.4 is 10.6 Å². The van der Waals surface area contributed by atoms with E-state index in [2.05, 4.69) is 29.7 Å². The van der Waals surface area contributed by atoms with Crippen LogP contribution in [0, 0.1) is 13.8 Å². The molecule has 196 valence electrons. The lowest BCUT2D eigenvalue weighted by atomic mass is 9.95. The third-order valence-corrected chi connectivity index (χ3v) is 7.40. The number of nitrogens with one attached hydrogen (secondary N) is 2. The van der Waals surface area contributed by atoms with Crippen LogP contribution >= 0.6 is 0 Å². The van der Waals surface area contributed by atoms with Crippen molar-refractivity contribution in [1.29, 1.82) is 0 Å². The molecule has 0 spiro atoms. The predicted molar refractivity (Wildman–Crippen MR) is 149 cm³/mol. The van der Waals surface area contributed by atoms with Crippen molar-refractivity contribution in [2.24, 2.45) is 0 Å². The molecule has 4 aromatic rings. The van der Waals surface area contributed by atoms with Crippen LogP contribution in [0.25, 0.3) is 16.9 Å². The Morgan fingerprint density at radius 2 is 1.76 bits per heavy atom. The molecule has 0 bridgehead atoms. The van der Waals surface area contributed by atoms with Crippen molar-refractivity contribution < 1.29 is 14.7 Å². The Hall–Kier alpha value is -4.13. The molecule has 7 heteroatoms. The van der Waals surface area contributed by atoms with E-state index in [9.17, 15) is 14.7 Å². The number of rotatable bonds is 8. The lowest BCUT2D eigenvalue weighted by Crippen LogP contribution is -2.30. The summed E-state index contributed by atoms with van der Waals surface area (Å²) in [6, 6.07) is 19.0. The smallest absolute Gasteiger partial charge is 0.305 e. The molecule has 2 aromatic carbocycles. The van der Waals surface area contributed by atoms with Gasteiger partial charge in [-0.3, -0.25) is 14.0 Å². The number of aromatic nitrogens is 2. The summed E-state index contributed by atoms with van der Waals surface area (Å²) in [7, 11) is 0. The predicted octanol–water partition coefficient (Wildman–Crippen LogP) is 6.31. The molecule has 1 amide bonds. The van der Waals surface area contributed by atoms with Crippen LogP contribution in [-0.4, -0.2) is 32.4 Å². The van der Waals surface area contributed by atoms with Crippen LogP contribution in [0.15, 0.2) is 66.9 Å². The summed E-state index contributed by atoms with van der Waals surface area (Å²) in [6.45, 7) is 4.05. The molecular formula is C31H34N4O3. The second kappa shape index (κ2) is 11.1. The van der Waals surface area contributed by atoms with Crippen LogP contribution in [0.1, 0.15) is 71.6 Å². The molecule has 0 aliphatic heterocycles. The topological polar surface area (TPSA) is 95.7 Å². The van der Waals surface area contributed by atoms with Gasteiger partial charge in [-0.05, 0) is 49.9 Å². The summed E-state index contributed by atoms with van der Waals surface area (Å²) in [4.78, 5) is 29.8. The minimum atomic E-state index is -0.971. The van der Waals surface area contributed by atoms with Gasteiger partial charge in [-0.2, -0.15) is 0 Å². The molecule has 1 atom stereocenters. The first kappa shape index (κ1) is 25.5. The average molecular weight is 511 g/mol. The number of nitrogens with zero attached hydrogens (tertiary/aromatic N) is 2. The lowest BCUT2D eigenvalue weighted by molar-refractivity contribution is -0.137. The molecule has 1 saturated carbocycles. The fourth-order valence-corrected chi connectivity index (χ4v) is 5.26. The number of aryl methyl sites for hydroxylation is 2. The normalized spacial score (nSPS) is 14.8. The number of hydrogen-bond acceptors (Lipinski definition) is 4. The van der Waals surface area contributed by atoms with E-state index < -0.39 is 12.0 Å². The second-order valence-corrected chi connectivity index (χ2v) is 10.3. The number of anilines is 1. The monoisotopic (exact) mass is 510 g/mol. The molecule has 7 nitrogen and oxygen atoms in total. The molecule has 5 rings (SSSR count). The molecule has 1 unspecified atom stereocenters. The number of carboxylic acids is 1. The van der Waals surface area contributed by atoms with Gasteiger partial charge in [-0.25, -0.2) is 4.98 Å². The Labute approximate surface area is 222 Å². The van der Waals surface area contributed by atoms with Crippen molar-refractivity contribution in [3.63, 3.8) is 0 Å². The Balaban J connectivity index is 1.49. The third kappa shape index (κ3) is 5.57. The van der Waals surface area contributed by atoms with Crippen molar-refractivity contribution in [3.8, 4) is 11.3 Å². The van der Waals surface area contributed by atoms with E-state index in [1.165, 1.54) is 19.3 Å². The van der Waals surface area contributed by atoms with Gasteiger partial charge in [0.1, 0.15) is 17.2 Å². The maximum atomic E-state index is 13.3. The molecule has 2 heterocycles. The van der Waals surface area contributed by atoms with E-state index >= 15 is 0 Å². The molecule has 38 heavy (non-hydrogen) atoms. The van der Waals surface area contributed by atoms with Gasteiger partial charge in [0.05, 0.1) is 12.5 Å². The van der Waals surface area contributed by atoms with Crippen molar-refractivity contribution >= 4 is 23.3 Å². The Morgan fingerprint density at radius 1 is 1.03 bits per heavy atom. The summed E-state index contributed by atoms with van der Waals surface area (Å²) < 4.78 is 2.02. The van der Waals surface area contributed by atoms with Crippen LogP contribution in [0.4, 0.5) is 5.82 Å². The number of amides is 1. The summed E-state index contributed by atoms with van der Waals surface area (Å²) in [6.07, 6.45) is 7.65. The Bertz CT molecular complexity index is 1450. The summed E-state index contributed by atoms with van der Waals surface area (Å²) >= 11 is 0. The van der Waals surface area contributed by atoms with Crippen LogP contribution in [0.3, 0.4) is 0 Å². The number of imidazole rings is 1. The van der Waals surface area contributed by atoms with E-state index in [4.69, 9.17) is 4.98 Å². The highest BCUT2D eigenvalue weighted by Crippen LogP contribution is 2.33. The zero-order valence-corrected chi connectivity index (χ0v) is 21.9. The van der Waals surface area contributed by atoms with Gasteiger partial charge in [-0.15, -0.1) is 0 Å². The van der Waals surface area contributed by atoms with Crippen molar-refractivity contribution in [3.05, 3.63) is 89.1 Å². The van der Waals surface area contributed by atoms with Crippen LogP contribution in [-0.2, 0) is 4.79 Å². The first-order valence-electron chi connectivity index (χ1n) is 13.3. The molecule has 3 N–H and O–H groups in total. The average Bonchev–Trinajstić information content (AvgIpc) is 3.26. The summed E-state index contributed by atoms with van der Waals surface area (Å²) in [5.41, 5.74) is 5.99. The first-order valence-corrected chi connectivity index (χ1v) is 13.3. The van der Waals surface area contributed by atoms with Gasteiger partial charge < -0.3 is 15.7 Å². The van der Waals surface area contributed by atoms with Gasteiger partial charge in [0, 0.05) is 23.4 Å². The van der Waals surface area contributed by atoms with Crippen molar-refractivity contribution in [2.45, 2.75) is 64.5 Å². The number of hydrogen-bond donors (Lipinski definition) is 3. The molecule has 0 radical (unpaired) electrons. The Morgan fingerprint density at radius 3 is 2.47 bits per heavy atom. The minimum Gasteiger partial charge on any atom is -0.481 e. The number of pyridine rings is 1. The number of carbonyl (C=O) groups excluding carboxylic acids is 1. The second-order valence-electron chi connectivity index (χ2n) is 10.3. The SMILES string of the molecule is Cc1ccc(C(CC(=O)O)NC(=O)c2ccn3c(NC4CCCCC4)c(-c4ccccc4C)nc3c2)cc1. The maximum absolute atomic E-state index is 13.3. The van der Waals surface area contributed by atoms with E-state index in [-0.39, 0.29) is 12.3 Å². The van der Waals surface area contributed by atoms with Crippen molar-refractivity contribution in [1.82, 2.24) is 14.7 Å². The maximum Gasteiger partial charge on any atom is 0.305 e. The van der Waals surface area contributed by atoms with E-state index in [0.29, 0.717) is 17.3 Å². The number of benzene rings is 2. The van der Waals surface area contributed by atoms with Gasteiger partial charge in [0.2, 0.25) is 0 Å². The zero-order chi connectivity index (χ0) is 26.6. The standard InChI is InChI=1S/C31H34N4O3/c1-20-12-14-22(15-13-20)26(19-28(36)37)33-31(38)23-16-17-35-27(18-23)34-29(25-11-7-6-8-21(25)2)30(35)32-24-9-4-3-5-10-24/h6-8,11-18,24,26,32H,3-5,9-10,19H2,1-2H3,(H,33,38)(H,36,37). The Kier molecular flexibility index (Phi) is 7.45. The van der Waals surface area contributed by atoms with Crippen molar-refractivity contribution in [2.75, 3.05) is 5.32 Å². The van der Waals surface area contributed by atoms with Crippen LogP contribution in [0.2, 0.25) is 0 Å². The van der Waals surface area contributed by atoms with Gasteiger partial charge in [0.15, 0.2) is 0 Å². The number of fused-ring (bicyclic) bond motifs is 1. The number of carboxylic acid groups (broad SMARTS) is 1. The minimum absolute atomic E-state index is 0.201.